The van der Waals surface area contributed by atoms with Crippen LogP contribution in [0.1, 0.15) is 11.1 Å². The van der Waals surface area contributed by atoms with Crippen LogP contribution in [0.2, 0.25) is 39.3 Å². The van der Waals surface area contributed by atoms with Gasteiger partial charge < -0.3 is 18.3 Å². The van der Waals surface area contributed by atoms with Gasteiger partial charge in [-0.2, -0.15) is 4.98 Å². The average molecular weight is 469 g/mol. The van der Waals surface area contributed by atoms with E-state index in [4.69, 9.17) is 18.3 Å². The summed E-state index contributed by atoms with van der Waals surface area (Å²) in [5.41, 5.74) is 2.01. The molecule has 0 unspecified atom stereocenters. The van der Waals surface area contributed by atoms with Gasteiger partial charge in [0.15, 0.2) is 0 Å². The van der Waals surface area contributed by atoms with Gasteiger partial charge in [0.2, 0.25) is 22.5 Å². The summed E-state index contributed by atoms with van der Waals surface area (Å²) in [6, 6.07) is 15.9. The van der Waals surface area contributed by atoms with Crippen LogP contribution in [0.5, 0.6) is 29.1 Å². The number of benzene rings is 2. The van der Waals surface area contributed by atoms with Crippen LogP contribution >= 0.6 is 0 Å². The standard InChI is InChI=1S/C24H32N2O4Si2/c1-27-20-11-13-21(14-12-20)28-22-10-8-9-18(16-22)15-19-17-25-24(30-32(5,6)7)26-23(19)29-31(2,3)4/h8-14,16-17H,15H2,1-7H3. The Morgan fingerprint density at radius 1 is 0.781 bits per heavy atom. The predicted molar refractivity (Wildman–Crippen MR) is 132 cm³/mol. The van der Waals surface area contributed by atoms with E-state index in [0.717, 1.165) is 28.4 Å². The summed E-state index contributed by atoms with van der Waals surface area (Å²) in [6.45, 7) is 12.7. The molecule has 0 fully saturated rings. The van der Waals surface area contributed by atoms with E-state index in [0.29, 0.717) is 18.3 Å². The minimum atomic E-state index is -1.87. The highest BCUT2D eigenvalue weighted by Gasteiger charge is 2.23. The van der Waals surface area contributed by atoms with Crippen molar-refractivity contribution in [3.05, 3.63) is 65.9 Å². The van der Waals surface area contributed by atoms with Gasteiger partial charge in [0.05, 0.1) is 7.11 Å². The molecule has 32 heavy (non-hydrogen) atoms. The van der Waals surface area contributed by atoms with E-state index in [1.165, 1.54) is 0 Å². The molecule has 0 saturated heterocycles. The monoisotopic (exact) mass is 468 g/mol. The Morgan fingerprint density at radius 2 is 1.44 bits per heavy atom. The molecule has 3 rings (SSSR count). The van der Waals surface area contributed by atoms with Crippen LogP contribution in [0, 0.1) is 0 Å². The van der Waals surface area contributed by atoms with Crippen LogP contribution in [0.4, 0.5) is 0 Å². The highest BCUT2D eigenvalue weighted by atomic mass is 28.4. The summed E-state index contributed by atoms with van der Waals surface area (Å²) >= 11 is 0. The molecule has 0 aliphatic heterocycles. The molecular weight excluding hydrogens is 436 g/mol. The van der Waals surface area contributed by atoms with E-state index in [1.54, 1.807) is 7.11 Å². The number of hydrogen-bond donors (Lipinski definition) is 0. The Morgan fingerprint density at radius 3 is 2.06 bits per heavy atom. The zero-order valence-electron chi connectivity index (χ0n) is 19.9. The largest absolute Gasteiger partial charge is 0.531 e. The Bertz CT molecular complexity index is 1050. The topological polar surface area (TPSA) is 62.7 Å². The van der Waals surface area contributed by atoms with E-state index in [2.05, 4.69) is 55.3 Å². The second kappa shape index (κ2) is 9.75. The highest BCUT2D eigenvalue weighted by molar-refractivity contribution is 6.70. The van der Waals surface area contributed by atoms with Gasteiger partial charge in [-0.15, -0.1) is 0 Å². The number of rotatable bonds is 9. The number of nitrogens with zero attached hydrogens (tertiary/aromatic N) is 2. The van der Waals surface area contributed by atoms with Gasteiger partial charge in [-0.25, -0.2) is 4.98 Å². The summed E-state index contributed by atoms with van der Waals surface area (Å²) in [5.74, 6) is 2.92. The fourth-order valence-electron chi connectivity index (χ4n) is 2.92. The Labute approximate surface area is 192 Å². The van der Waals surface area contributed by atoms with Crippen molar-refractivity contribution in [1.82, 2.24) is 9.97 Å². The van der Waals surface area contributed by atoms with Crippen LogP contribution in [-0.4, -0.2) is 33.7 Å². The van der Waals surface area contributed by atoms with Crippen LogP contribution < -0.4 is 18.3 Å². The van der Waals surface area contributed by atoms with Crippen molar-refractivity contribution in [2.24, 2.45) is 0 Å². The normalized spacial score (nSPS) is 11.7. The summed E-state index contributed by atoms with van der Waals surface area (Å²) < 4.78 is 23.5. The van der Waals surface area contributed by atoms with Gasteiger partial charge in [-0.05, 0) is 81.2 Å². The lowest BCUT2D eigenvalue weighted by molar-refractivity contribution is 0.413. The third-order valence-corrected chi connectivity index (χ3v) is 5.79. The van der Waals surface area contributed by atoms with Crippen LogP contribution in [-0.2, 0) is 6.42 Å². The first-order valence-corrected chi connectivity index (χ1v) is 17.5. The van der Waals surface area contributed by atoms with E-state index in [-0.39, 0.29) is 0 Å². The Kier molecular flexibility index (Phi) is 7.25. The molecule has 0 aliphatic carbocycles. The molecule has 1 aromatic heterocycles. The first-order chi connectivity index (χ1) is 15.0. The fraction of sp³-hybridized carbons (Fsp3) is 0.333. The third kappa shape index (κ3) is 7.38. The second-order valence-electron chi connectivity index (χ2n) is 9.51. The summed E-state index contributed by atoms with van der Waals surface area (Å²) in [4.78, 5) is 9.07. The minimum absolute atomic E-state index is 0.387. The zero-order chi connectivity index (χ0) is 23.4. The fourth-order valence-corrected chi connectivity index (χ4v) is 4.32. The van der Waals surface area contributed by atoms with E-state index in [1.807, 2.05) is 48.7 Å². The first kappa shape index (κ1) is 23.8. The van der Waals surface area contributed by atoms with Crippen LogP contribution in [0.15, 0.2) is 54.7 Å². The SMILES string of the molecule is COc1ccc(Oc2cccc(Cc3cnc(O[Si](C)(C)C)nc3O[Si](C)(C)C)c2)cc1. The van der Waals surface area contributed by atoms with Crippen molar-refractivity contribution in [2.45, 2.75) is 45.7 Å². The lowest BCUT2D eigenvalue weighted by Crippen LogP contribution is -2.32. The number of methoxy groups -OCH3 is 1. The Balaban J connectivity index is 1.82. The van der Waals surface area contributed by atoms with Gasteiger partial charge in [-0.3, -0.25) is 0 Å². The zero-order valence-corrected chi connectivity index (χ0v) is 21.9. The molecule has 3 aromatic rings. The van der Waals surface area contributed by atoms with Gasteiger partial charge in [0.25, 0.3) is 0 Å². The van der Waals surface area contributed by atoms with Crippen LogP contribution in [0.3, 0.4) is 0 Å². The molecule has 8 heteroatoms. The maximum atomic E-state index is 6.29. The summed E-state index contributed by atoms with van der Waals surface area (Å²) in [5, 5.41) is 0. The van der Waals surface area contributed by atoms with Gasteiger partial charge in [0, 0.05) is 18.2 Å². The molecule has 6 nitrogen and oxygen atoms in total. The van der Waals surface area contributed by atoms with E-state index < -0.39 is 16.6 Å². The molecule has 0 radical (unpaired) electrons. The molecule has 170 valence electrons. The number of aromatic nitrogens is 2. The molecule has 0 spiro atoms. The molecular formula is C24H32N2O4Si2. The maximum absolute atomic E-state index is 6.29. The van der Waals surface area contributed by atoms with Crippen molar-refractivity contribution >= 4 is 16.6 Å². The number of ether oxygens (including phenoxy) is 2. The molecule has 0 amide bonds. The average Bonchev–Trinajstić information content (AvgIpc) is 2.68. The molecule has 0 N–H and O–H groups in total. The molecule has 1 heterocycles. The van der Waals surface area contributed by atoms with Gasteiger partial charge in [-0.1, -0.05) is 12.1 Å². The quantitative estimate of drug-likeness (QED) is 0.344. The second-order valence-corrected chi connectivity index (χ2v) is 18.4. The van der Waals surface area contributed by atoms with E-state index >= 15 is 0 Å². The highest BCUT2D eigenvalue weighted by Crippen LogP contribution is 2.28. The van der Waals surface area contributed by atoms with Gasteiger partial charge >= 0.3 is 6.01 Å². The first-order valence-electron chi connectivity index (χ1n) is 10.7. The molecule has 2 aromatic carbocycles. The van der Waals surface area contributed by atoms with Crippen molar-refractivity contribution in [3.8, 4) is 29.1 Å². The van der Waals surface area contributed by atoms with Crippen molar-refractivity contribution in [1.29, 1.82) is 0 Å². The maximum Gasteiger partial charge on any atom is 0.305 e. The molecule has 0 bridgehead atoms. The lowest BCUT2D eigenvalue weighted by atomic mass is 10.1. The minimum Gasteiger partial charge on any atom is -0.531 e. The number of hydrogen-bond acceptors (Lipinski definition) is 6. The molecule has 0 aliphatic rings. The Hall–Kier alpha value is -2.85. The third-order valence-electron chi connectivity index (χ3n) is 4.19. The smallest absolute Gasteiger partial charge is 0.305 e. The van der Waals surface area contributed by atoms with Crippen molar-refractivity contribution in [3.63, 3.8) is 0 Å². The molecule has 0 saturated carbocycles. The predicted octanol–water partition coefficient (Wildman–Crippen LogP) is 6.30. The van der Waals surface area contributed by atoms with Crippen molar-refractivity contribution in [2.75, 3.05) is 7.11 Å². The summed E-state index contributed by atoms with van der Waals surface area (Å²) in [6.07, 6.45) is 2.45. The van der Waals surface area contributed by atoms with Gasteiger partial charge in [0.1, 0.15) is 17.2 Å². The van der Waals surface area contributed by atoms with Crippen LogP contribution in [0.25, 0.3) is 0 Å². The lowest BCUT2D eigenvalue weighted by Gasteiger charge is -2.22. The van der Waals surface area contributed by atoms with E-state index in [9.17, 15) is 0 Å². The van der Waals surface area contributed by atoms with Crippen molar-refractivity contribution < 1.29 is 18.3 Å². The molecule has 0 atom stereocenters. The summed E-state index contributed by atoms with van der Waals surface area (Å²) in [7, 11) is -2.04.